The highest BCUT2D eigenvalue weighted by atomic mass is 35.5. The number of rotatable bonds is 4. The summed E-state index contributed by atoms with van der Waals surface area (Å²) in [5.74, 6) is -2.15. The van der Waals surface area contributed by atoms with E-state index in [4.69, 9.17) is 16.9 Å². The molecule has 2 N–H and O–H groups in total. The van der Waals surface area contributed by atoms with Gasteiger partial charge in [-0.25, -0.2) is 4.39 Å². The summed E-state index contributed by atoms with van der Waals surface area (Å²) < 4.78 is 13.4. The molecule has 2 amide bonds. The van der Waals surface area contributed by atoms with Gasteiger partial charge in [0, 0.05) is 30.2 Å². The number of hydrogen-bond acceptors (Lipinski definition) is 4. The van der Waals surface area contributed by atoms with Gasteiger partial charge in [-0.15, -0.1) is 0 Å². The van der Waals surface area contributed by atoms with Crippen LogP contribution in [0.5, 0.6) is 0 Å². The first-order valence-electron chi connectivity index (χ1n) is 8.11. The molecule has 8 heteroatoms. The van der Waals surface area contributed by atoms with E-state index in [9.17, 15) is 19.1 Å². The van der Waals surface area contributed by atoms with E-state index in [1.807, 2.05) is 6.07 Å². The Hall–Kier alpha value is -2.95. The molecule has 0 aromatic heterocycles. The quantitative estimate of drug-likeness (QED) is 0.786. The van der Waals surface area contributed by atoms with Crippen molar-refractivity contribution in [1.29, 1.82) is 5.26 Å². The lowest BCUT2D eigenvalue weighted by atomic mass is 10.0. The number of nitrogens with zero attached hydrogens (tertiary/aromatic N) is 2. The Morgan fingerprint density at radius 1 is 1.33 bits per heavy atom. The van der Waals surface area contributed by atoms with E-state index >= 15 is 0 Å². The van der Waals surface area contributed by atoms with Crippen molar-refractivity contribution in [2.24, 2.45) is 0 Å². The Bertz CT molecular complexity index is 922. The fourth-order valence-corrected chi connectivity index (χ4v) is 3.16. The number of benzene rings is 2. The summed E-state index contributed by atoms with van der Waals surface area (Å²) >= 11 is 5.77. The number of carbonyl (C=O) groups is 2. The van der Waals surface area contributed by atoms with Gasteiger partial charge in [0.15, 0.2) is 0 Å². The van der Waals surface area contributed by atoms with Crippen molar-refractivity contribution in [2.75, 3.05) is 11.4 Å². The van der Waals surface area contributed by atoms with E-state index in [0.717, 1.165) is 6.07 Å². The Labute approximate surface area is 159 Å². The maximum absolute atomic E-state index is 13.4. The maximum Gasteiger partial charge on any atom is 0.268 e. The van der Waals surface area contributed by atoms with Crippen LogP contribution in [0.1, 0.15) is 17.5 Å². The molecule has 138 valence electrons. The molecule has 6 nitrogen and oxygen atoms in total. The molecule has 0 bridgehead atoms. The van der Waals surface area contributed by atoms with Crippen molar-refractivity contribution >= 4 is 29.1 Å². The fraction of sp³-hybridized carbons (Fsp3) is 0.211. The van der Waals surface area contributed by atoms with E-state index in [-0.39, 0.29) is 24.5 Å². The Balaban J connectivity index is 1.70. The first-order chi connectivity index (χ1) is 12.8. The molecule has 0 radical (unpaired) electrons. The molecule has 3 rings (SSSR count). The van der Waals surface area contributed by atoms with Gasteiger partial charge >= 0.3 is 0 Å². The average Bonchev–Trinajstić information content (AvgIpc) is 2.95. The van der Waals surface area contributed by atoms with Crippen LogP contribution in [0.4, 0.5) is 10.1 Å². The van der Waals surface area contributed by atoms with Crippen molar-refractivity contribution < 1.29 is 19.1 Å². The molecule has 0 unspecified atom stereocenters. The largest absolute Gasteiger partial charge is 0.372 e. The van der Waals surface area contributed by atoms with Crippen molar-refractivity contribution in [3.63, 3.8) is 0 Å². The number of amides is 2. The smallest absolute Gasteiger partial charge is 0.268 e. The van der Waals surface area contributed by atoms with Crippen LogP contribution in [-0.4, -0.2) is 29.1 Å². The lowest BCUT2D eigenvalue weighted by molar-refractivity contribution is -0.149. The van der Waals surface area contributed by atoms with Gasteiger partial charge in [0.1, 0.15) is 5.82 Å². The maximum atomic E-state index is 13.4. The predicted molar refractivity (Wildman–Crippen MR) is 96.3 cm³/mol. The zero-order valence-corrected chi connectivity index (χ0v) is 14.8. The van der Waals surface area contributed by atoms with Gasteiger partial charge < -0.3 is 15.3 Å². The molecule has 2 aromatic carbocycles. The van der Waals surface area contributed by atoms with Crippen LogP contribution in [-0.2, 0) is 16.1 Å². The number of aliphatic hydroxyl groups is 1. The van der Waals surface area contributed by atoms with Crippen LogP contribution < -0.4 is 10.2 Å². The molecule has 1 fully saturated rings. The minimum absolute atomic E-state index is 0.0806. The normalized spacial score (nSPS) is 19.0. The van der Waals surface area contributed by atoms with Crippen LogP contribution in [0, 0.1) is 17.1 Å². The van der Waals surface area contributed by atoms with Gasteiger partial charge in [-0.1, -0.05) is 11.6 Å². The third kappa shape index (κ3) is 3.77. The van der Waals surface area contributed by atoms with Crippen molar-refractivity contribution in [3.05, 3.63) is 64.4 Å². The van der Waals surface area contributed by atoms with Crippen molar-refractivity contribution in [1.82, 2.24) is 5.32 Å². The summed E-state index contributed by atoms with van der Waals surface area (Å²) in [6.45, 7) is 0.0726. The summed E-state index contributed by atoms with van der Waals surface area (Å²) in [5.41, 5.74) is -0.872. The molecular weight excluding hydrogens is 373 g/mol. The van der Waals surface area contributed by atoms with Crippen LogP contribution in [0.3, 0.4) is 0 Å². The summed E-state index contributed by atoms with van der Waals surface area (Å²) in [7, 11) is 0. The molecule has 0 spiro atoms. The third-order valence-corrected chi connectivity index (χ3v) is 4.57. The third-order valence-electron chi connectivity index (χ3n) is 4.36. The van der Waals surface area contributed by atoms with E-state index in [2.05, 4.69) is 5.32 Å². The van der Waals surface area contributed by atoms with Gasteiger partial charge in [0.2, 0.25) is 5.60 Å². The predicted octanol–water partition coefficient (Wildman–Crippen LogP) is 2.13. The summed E-state index contributed by atoms with van der Waals surface area (Å²) in [4.78, 5) is 26.3. The SMILES string of the molecule is N#Cc1ccc(N2CC[C@](O)(C(=O)NCc3cc(F)cc(Cl)c3)C2=O)cc1. The minimum Gasteiger partial charge on any atom is -0.372 e. The van der Waals surface area contributed by atoms with Crippen LogP contribution in [0.2, 0.25) is 5.02 Å². The number of anilines is 1. The van der Waals surface area contributed by atoms with Crippen molar-refractivity contribution in [3.8, 4) is 6.07 Å². The number of nitriles is 1. The summed E-state index contributed by atoms with van der Waals surface area (Å²) in [6, 6.07) is 12.1. The number of carbonyl (C=O) groups excluding carboxylic acids is 2. The van der Waals surface area contributed by atoms with Crippen LogP contribution in [0.15, 0.2) is 42.5 Å². The van der Waals surface area contributed by atoms with Gasteiger partial charge in [-0.3, -0.25) is 9.59 Å². The monoisotopic (exact) mass is 387 g/mol. The zero-order chi connectivity index (χ0) is 19.6. The molecule has 0 saturated carbocycles. The number of halogens is 2. The van der Waals surface area contributed by atoms with E-state index in [1.165, 1.54) is 17.0 Å². The molecule has 1 atom stereocenters. The number of nitrogens with one attached hydrogen (secondary N) is 1. The van der Waals surface area contributed by atoms with E-state index < -0.39 is 23.2 Å². The molecule has 27 heavy (non-hydrogen) atoms. The summed E-state index contributed by atoms with van der Waals surface area (Å²) in [5, 5.41) is 22.1. The Morgan fingerprint density at radius 3 is 2.67 bits per heavy atom. The molecule has 1 saturated heterocycles. The first-order valence-corrected chi connectivity index (χ1v) is 8.49. The second kappa shape index (κ2) is 7.35. The lowest BCUT2D eigenvalue weighted by Crippen LogP contribution is -2.52. The molecule has 1 aliphatic heterocycles. The van der Waals surface area contributed by atoms with Gasteiger partial charge in [-0.2, -0.15) is 5.26 Å². The van der Waals surface area contributed by atoms with Crippen LogP contribution >= 0.6 is 11.6 Å². The van der Waals surface area contributed by atoms with Gasteiger partial charge in [-0.05, 0) is 48.0 Å². The first kappa shape index (κ1) is 18.8. The van der Waals surface area contributed by atoms with Gasteiger partial charge in [0.05, 0.1) is 11.6 Å². The topological polar surface area (TPSA) is 93.4 Å². The highest BCUT2D eigenvalue weighted by Crippen LogP contribution is 2.29. The highest BCUT2D eigenvalue weighted by molar-refractivity contribution is 6.30. The fourth-order valence-electron chi connectivity index (χ4n) is 2.92. The molecule has 2 aromatic rings. The standard InChI is InChI=1S/C19H15ClFN3O3/c20-14-7-13(8-15(21)9-14)11-23-17(25)19(27)5-6-24(18(19)26)16-3-1-12(10-22)2-4-16/h1-4,7-9,27H,5-6,11H2,(H,23,25)/t19-/m0/s1. The molecule has 0 aliphatic carbocycles. The molecule has 1 aliphatic rings. The Kier molecular flexibility index (Phi) is 5.13. The average molecular weight is 388 g/mol. The van der Waals surface area contributed by atoms with Crippen LogP contribution in [0.25, 0.3) is 0 Å². The highest BCUT2D eigenvalue weighted by Gasteiger charge is 2.51. The second-order valence-electron chi connectivity index (χ2n) is 6.19. The van der Waals surface area contributed by atoms with Crippen molar-refractivity contribution in [2.45, 2.75) is 18.6 Å². The molecular formula is C19H15ClFN3O3. The number of hydrogen-bond donors (Lipinski definition) is 2. The lowest BCUT2D eigenvalue weighted by Gasteiger charge is -2.22. The second-order valence-corrected chi connectivity index (χ2v) is 6.62. The summed E-state index contributed by atoms with van der Waals surface area (Å²) in [6.07, 6.45) is -0.0818. The zero-order valence-electron chi connectivity index (χ0n) is 14.1. The minimum atomic E-state index is -2.20. The Morgan fingerprint density at radius 2 is 2.04 bits per heavy atom. The molecule has 1 heterocycles. The van der Waals surface area contributed by atoms with E-state index in [0.29, 0.717) is 16.8 Å². The van der Waals surface area contributed by atoms with Gasteiger partial charge in [0.25, 0.3) is 11.8 Å². The van der Waals surface area contributed by atoms with E-state index in [1.54, 1.807) is 24.3 Å².